The third-order valence-electron chi connectivity index (χ3n) is 4.68. The van der Waals surface area contributed by atoms with Gasteiger partial charge < -0.3 is 15.1 Å². The van der Waals surface area contributed by atoms with Crippen LogP contribution in [0.15, 0.2) is 0 Å². The average molecular weight is 321 g/mol. The first-order valence-corrected chi connectivity index (χ1v) is 8.15. The maximum Gasteiger partial charge on any atom is 0.390 e. The summed E-state index contributed by atoms with van der Waals surface area (Å²) in [5.41, 5.74) is 0. The van der Waals surface area contributed by atoms with Gasteiger partial charge in [-0.15, -0.1) is 0 Å². The van der Waals surface area contributed by atoms with Crippen molar-refractivity contribution in [3.63, 3.8) is 0 Å². The minimum absolute atomic E-state index is 0.0172. The highest BCUT2D eigenvalue weighted by Crippen LogP contribution is 2.27. The van der Waals surface area contributed by atoms with E-state index in [9.17, 15) is 18.0 Å². The monoisotopic (exact) mass is 321 g/mol. The highest BCUT2D eigenvalue weighted by atomic mass is 19.4. The van der Waals surface area contributed by atoms with E-state index in [4.69, 9.17) is 0 Å². The molecule has 1 saturated heterocycles. The molecule has 22 heavy (non-hydrogen) atoms. The number of hydrogen-bond donors (Lipinski definition) is 1. The molecule has 2 fully saturated rings. The van der Waals surface area contributed by atoms with Gasteiger partial charge in [-0.2, -0.15) is 13.2 Å². The van der Waals surface area contributed by atoms with Crippen LogP contribution < -0.4 is 5.32 Å². The highest BCUT2D eigenvalue weighted by molar-refractivity contribution is 5.74. The minimum atomic E-state index is -4.21. The van der Waals surface area contributed by atoms with Crippen molar-refractivity contribution < 1.29 is 18.0 Å². The largest absolute Gasteiger partial charge is 0.390 e. The predicted octanol–water partition coefficient (Wildman–Crippen LogP) is 2.84. The molecule has 0 aromatic carbocycles. The number of piperidine rings is 1. The lowest BCUT2D eigenvalue weighted by Crippen LogP contribution is -2.51. The molecule has 0 aromatic rings. The van der Waals surface area contributed by atoms with Gasteiger partial charge in [0.05, 0.1) is 6.42 Å². The molecule has 0 spiro atoms. The van der Waals surface area contributed by atoms with Gasteiger partial charge in [-0.1, -0.05) is 0 Å². The van der Waals surface area contributed by atoms with Crippen LogP contribution in [0.4, 0.5) is 18.0 Å². The summed E-state index contributed by atoms with van der Waals surface area (Å²) in [6.45, 7) is 2.33. The van der Waals surface area contributed by atoms with Crippen LogP contribution in [0.2, 0.25) is 0 Å². The summed E-state index contributed by atoms with van der Waals surface area (Å²) in [6, 6.07) is -0.349. The van der Waals surface area contributed by atoms with Gasteiger partial charge >= 0.3 is 12.2 Å². The first-order valence-electron chi connectivity index (χ1n) is 8.15. The first-order chi connectivity index (χ1) is 10.3. The number of amides is 2. The number of carbonyl (C=O) groups excluding carboxylic acids is 1. The number of hydrogen-bond acceptors (Lipinski definition) is 2. The van der Waals surface area contributed by atoms with Gasteiger partial charge in [0.15, 0.2) is 0 Å². The molecule has 0 bridgehead atoms. The third-order valence-corrected chi connectivity index (χ3v) is 4.68. The molecule has 4 nitrogen and oxygen atoms in total. The van der Waals surface area contributed by atoms with Crippen molar-refractivity contribution in [1.82, 2.24) is 15.1 Å². The molecule has 2 rings (SSSR count). The zero-order valence-corrected chi connectivity index (χ0v) is 13.2. The van der Waals surface area contributed by atoms with Gasteiger partial charge in [0.2, 0.25) is 0 Å². The van der Waals surface area contributed by atoms with Gasteiger partial charge in [-0.3, -0.25) is 0 Å². The third kappa shape index (κ3) is 5.34. The van der Waals surface area contributed by atoms with Gasteiger partial charge in [0.25, 0.3) is 0 Å². The zero-order chi connectivity index (χ0) is 16.2. The van der Waals surface area contributed by atoms with E-state index in [2.05, 4.69) is 17.3 Å². The van der Waals surface area contributed by atoms with Crippen LogP contribution in [-0.4, -0.2) is 61.3 Å². The summed E-state index contributed by atoms with van der Waals surface area (Å²) in [4.78, 5) is 15.9. The van der Waals surface area contributed by atoms with Crippen molar-refractivity contribution >= 4 is 6.03 Å². The number of alkyl halides is 3. The molecule has 1 aliphatic heterocycles. The molecule has 1 atom stereocenters. The summed E-state index contributed by atoms with van der Waals surface area (Å²) >= 11 is 0. The average Bonchev–Trinajstić information content (AvgIpc) is 2.37. The molecular formula is C15H26F3N3O. The second-order valence-corrected chi connectivity index (χ2v) is 6.60. The second kappa shape index (κ2) is 7.53. The van der Waals surface area contributed by atoms with Crippen molar-refractivity contribution in [1.29, 1.82) is 0 Å². The molecule has 1 aliphatic carbocycles. The van der Waals surface area contributed by atoms with E-state index in [1.54, 1.807) is 0 Å². The van der Waals surface area contributed by atoms with E-state index in [0.29, 0.717) is 12.5 Å². The smallest absolute Gasteiger partial charge is 0.338 e. The highest BCUT2D eigenvalue weighted by Gasteiger charge is 2.34. The molecular weight excluding hydrogens is 295 g/mol. The number of carbonyl (C=O) groups is 1. The molecule has 0 aromatic heterocycles. The number of halogens is 3. The number of nitrogens with one attached hydrogen (secondary N) is 1. The molecule has 128 valence electrons. The fourth-order valence-corrected chi connectivity index (χ4v) is 3.17. The van der Waals surface area contributed by atoms with Crippen molar-refractivity contribution in [2.75, 3.05) is 33.2 Å². The van der Waals surface area contributed by atoms with E-state index >= 15 is 0 Å². The van der Waals surface area contributed by atoms with Crippen molar-refractivity contribution in [3.05, 3.63) is 0 Å². The lowest BCUT2D eigenvalue weighted by Gasteiger charge is -2.38. The van der Waals surface area contributed by atoms with Gasteiger partial charge in [0.1, 0.15) is 0 Å². The van der Waals surface area contributed by atoms with Gasteiger partial charge in [-0.25, -0.2) is 4.79 Å². The number of nitrogens with zero attached hydrogens (tertiary/aromatic N) is 2. The molecule has 2 amide bonds. The molecule has 2 aliphatic rings. The standard InChI is InChI=1S/C15H26F3N3O/c1-20-8-3-4-12(11-20)10-19-14(22)21(13-5-2-6-13)9-7-15(16,17)18/h12-13H,2-11H2,1H3,(H,19,22). The molecule has 7 heteroatoms. The second-order valence-electron chi connectivity index (χ2n) is 6.60. The molecule has 1 unspecified atom stereocenters. The Hall–Kier alpha value is -0.980. The Balaban J connectivity index is 1.80. The maximum atomic E-state index is 12.4. The van der Waals surface area contributed by atoms with Crippen LogP contribution in [0.25, 0.3) is 0 Å². The van der Waals surface area contributed by atoms with Crippen LogP contribution >= 0.6 is 0 Å². The number of rotatable bonds is 5. The minimum Gasteiger partial charge on any atom is -0.338 e. The summed E-state index contributed by atoms with van der Waals surface area (Å²) in [7, 11) is 2.05. The lowest BCUT2D eigenvalue weighted by molar-refractivity contribution is -0.137. The quantitative estimate of drug-likeness (QED) is 0.845. The molecule has 1 heterocycles. The summed E-state index contributed by atoms with van der Waals surface area (Å²) in [5.74, 6) is 0.397. The van der Waals surface area contributed by atoms with Crippen LogP contribution in [0.5, 0.6) is 0 Å². The Morgan fingerprint density at radius 1 is 1.27 bits per heavy atom. The number of urea groups is 1. The summed E-state index contributed by atoms with van der Waals surface area (Å²) in [6.07, 6.45) is -0.339. The van der Waals surface area contributed by atoms with E-state index < -0.39 is 12.6 Å². The van der Waals surface area contributed by atoms with E-state index in [1.807, 2.05) is 0 Å². The molecule has 1 N–H and O–H groups in total. The summed E-state index contributed by atoms with van der Waals surface area (Å²) in [5, 5.41) is 2.85. The van der Waals surface area contributed by atoms with Gasteiger partial charge in [-0.05, 0) is 51.6 Å². The van der Waals surface area contributed by atoms with Gasteiger partial charge in [0, 0.05) is 25.7 Å². The van der Waals surface area contributed by atoms with Crippen molar-refractivity contribution in [3.8, 4) is 0 Å². The van der Waals surface area contributed by atoms with E-state index in [-0.39, 0.29) is 18.6 Å². The van der Waals surface area contributed by atoms with Crippen LogP contribution in [-0.2, 0) is 0 Å². The lowest BCUT2D eigenvalue weighted by atomic mass is 9.91. The SMILES string of the molecule is CN1CCCC(CNC(=O)N(CCC(F)(F)F)C2CCC2)C1. The van der Waals surface area contributed by atoms with E-state index in [0.717, 1.165) is 45.2 Å². The van der Waals surface area contributed by atoms with Crippen LogP contribution in [0.1, 0.15) is 38.5 Å². The van der Waals surface area contributed by atoms with Crippen molar-refractivity contribution in [2.24, 2.45) is 5.92 Å². The van der Waals surface area contributed by atoms with Crippen LogP contribution in [0, 0.1) is 5.92 Å². The molecule has 0 radical (unpaired) electrons. The maximum absolute atomic E-state index is 12.4. The fourth-order valence-electron chi connectivity index (χ4n) is 3.17. The van der Waals surface area contributed by atoms with Crippen LogP contribution in [0.3, 0.4) is 0 Å². The summed E-state index contributed by atoms with van der Waals surface area (Å²) < 4.78 is 37.3. The normalized spacial score (nSPS) is 23.9. The molecule has 1 saturated carbocycles. The topological polar surface area (TPSA) is 35.6 Å². The Morgan fingerprint density at radius 3 is 2.55 bits per heavy atom. The number of likely N-dealkylation sites (tertiary alicyclic amines) is 1. The zero-order valence-electron chi connectivity index (χ0n) is 13.2. The fraction of sp³-hybridized carbons (Fsp3) is 0.933. The Morgan fingerprint density at radius 2 is 2.00 bits per heavy atom. The predicted molar refractivity (Wildman–Crippen MR) is 78.6 cm³/mol. The first kappa shape index (κ1) is 17.4. The van der Waals surface area contributed by atoms with E-state index in [1.165, 1.54) is 4.90 Å². The van der Waals surface area contributed by atoms with Crippen molar-refractivity contribution in [2.45, 2.75) is 50.7 Å². The Labute approximate surface area is 130 Å². The Bertz CT molecular complexity index is 372. The Kier molecular flexibility index (Phi) is 5.94.